The van der Waals surface area contributed by atoms with Crippen LogP contribution in [0.4, 0.5) is 0 Å². The number of carbonyl (C=O) groups excluding carboxylic acids is 1. The van der Waals surface area contributed by atoms with Gasteiger partial charge < -0.3 is 4.74 Å². The Bertz CT molecular complexity index is 829. The van der Waals surface area contributed by atoms with Crippen LogP contribution in [0.2, 0.25) is 0 Å². The topological polar surface area (TPSA) is 26.3 Å². The number of rotatable bonds is 7. The molecule has 0 saturated heterocycles. The molecule has 3 aromatic rings. The number of benzene rings is 3. The molecule has 0 N–H and O–H groups in total. The summed E-state index contributed by atoms with van der Waals surface area (Å²) in [6.07, 6.45) is 0.891. The lowest BCUT2D eigenvalue weighted by atomic mass is 10.1. The molecule has 0 aliphatic carbocycles. The summed E-state index contributed by atoms with van der Waals surface area (Å²) < 4.78 is 5.87. The van der Waals surface area contributed by atoms with Crippen LogP contribution in [0.3, 0.4) is 0 Å². The van der Waals surface area contributed by atoms with E-state index in [1.54, 1.807) is 11.8 Å². The van der Waals surface area contributed by atoms with E-state index in [0.717, 1.165) is 28.1 Å². The van der Waals surface area contributed by atoms with Gasteiger partial charge >= 0.3 is 0 Å². The van der Waals surface area contributed by atoms with E-state index in [2.05, 4.69) is 12.1 Å². The first kappa shape index (κ1) is 17.3. The van der Waals surface area contributed by atoms with Crippen molar-refractivity contribution in [2.45, 2.75) is 24.2 Å². The lowest BCUT2D eigenvalue weighted by Crippen LogP contribution is -2.00. The van der Waals surface area contributed by atoms with E-state index in [9.17, 15) is 4.79 Å². The summed E-state index contributed by atoms with van der Waals surface area (Å²) in [5.41, 5.74) is 3.96. The number of carbonyl (C=O) groups is 1. The molecule has 0 bridgehead atoms. The molecule has 3 aromatic carbocycles. The third-order valence-corrected chi connectivity index (χ3v) is 5.25. The van der Waals surface area contributed by atoms with Crippen molar-refractivity contribution in [3.8, 4) is 5.75 Å². The molecular formula is C22H20O2S. The second-order valence-electron chi connectivity index (χ2n) is 5.77. The van der Waals surface area contributed by atoms with Crippen LogP contribution in [0, 0.1) is 6.92 Å². The normalized spacial score (nSPS) is 10.4. The maximum absolute atomic E-state index is 11.6. The number of aldehydes is 1. The second-order valence-corrected chi connectivity index (χ2v) is 6.78. The molecule has 0 aliphatic rings. The zero-order valence-electron chi connectivity index (χ0n) is 14.1. The lowest BCUT2D eigenvalue weighted by Gasteiger charge is -2.13. The fourth-order valence-electron chi connectivity index (χ4n) is 2.58. The zero-order valence-corrected chi connectivity index (χ0v) is 15.0. The Kier molecular flexibility index (Phi) is 5.91. The van der Waals surface area contributed by atoms with Gasteiger partial charge in [0.1, 0.15) is 12.4 Å². The summed E-state index contributed by atoms with van der Waals surface area (Å²) in [6.45, 7) is 2.43. The molecular weight excluding hydrogens is 328 g/mol. The van der Waals surface area contributed by atoms with E-state index in [1.807, 2.05) is 67.6 Å². The maximum atomic E-state index is 11.6. The molecule has 0 radical (unpaired) electrons. The molecule has 2 nitrogen and oxygen atoms in total. The van der Waals surface area contributed by atoms with Crippen LogP contribution in [0.5, 0.6) is 5.75 Å². The van der Waals surface area contributed by atoms with Crippen LogP contribution in [-0.2, 0) is 12.4 Å². The van der Waals surface area contributed by atoms with Crippen LogP contribution in [-0.4, -0.2) is 6.29 Å². The van der Waals surface area contributed by atoms with E-state index < -0.39 is 0 Å². The van der Waals surface area contributed by atoms with Crippen molar-refractivity contribution in [2.24, 2.45) is 0 Å². The molecule has 0 fully saturated rings. The van der Waals surface area contributed by atoms with Crippen LogP contribution < -0.4 is 4.74 Å². The summed E-state index contributed by atoms with van der Waals surface area (Å²) in [6, 6.07) is 24.2. The van der Waals surface area contributed by atoms with Gasteiger partial charge in [-0.2, -0.15) is 0 Å². The molecule has 0 saturated carbocycles. The van der Waals surface area contributed by atoms with Gasteiger partial charge in [0.2, 0.25) is 0 Å². The predicted molar refractivity (Wildman–Crippen MR) is 103 cm³/mol. The van der Waals surface area contributed by atoms with Crippen LogP contribution in [0.15, 0.2) is 77.7 Å². The molecule has 25 heavy (non-hydrogen) atoms. The van der Waals surface area contributed by atoms with E-state index in [4.69, 9.17) is 4.74 Å². The molecule has 0 amide bonds. The highest BCUT2D eigenvalue weighted by Crippen LogP contribution is 2.32. The van der Waals surface area contributed by atoms with Crippen molar-refractivity contribution in [1.29, 1.82) is 0 Å². The van der Waals surface area contributed by atoms with Gasteiger partial charge in [-0.1, -0.05) is 60.7 Å². The van der Waals surface area contributed by atoms with Gasteiger partial charge in [-0.3, -0.25) is 4.79 Å². The number of hydrogen-bond acceptors (Lipinski definition) is 3. The summed E-state index contributed by atoms with van der Waals surface area (Å²) in [5, 5.41) is 0. The first-order valence-corrected chi connectivity index (χ1v) is 9.18. The molecule has 0 spiro atoms. The molecule has 0 unspecified atom stereocenters. The largest absolute Gasteiger partial charge is 0.488 e. The van der Waals surface area contributed by atoms with Crippen molar-refractivity contribution in [2.75, 3.05) is 0 Å². The first-order chi connectivity index (χ1) is 12.3. The van der Waals surface area contributed by atoms with Crippen molar-refractivity contribution in [3.63, 3.8) is 0 Å². The minimum atomic E-state index is 0.456. The van der Waals surface area contributed by atoms with E-state index >= 15 is 0 Å². The lowest BCUT2D eigenvalue weighted by molar-refractivity contribution is 0.111. The fraction of sp³-hybridized carbons (Fsp3) is 0.136. The summed E-state index contributed by atoms with van der Waals surface area (Å²) >= 11 is 1.74. The molecule has 0 aliphatic heterocycles. The Morgan fingerprint density at radius 1 is 0.880 bits per heavy atom. The number of hydrogen-bond donors (Lipinski definition) is 0. The third-order valence-electron chi connectivity index (χ3n) is 4.02. The predicted octanol–water partition coefficient (Wildman–Crippen LogP) is 5.68. The minimum Gasteiger partial charge on any atom is -0.488 e. The van der Waals surface area contributed by atoms with Gasteiger partial charge in [0.25, 0.3) is 0 Å². The molecule has 0 heterocycles. The Balaban J connectivity index is 1.73. The second kappa shape index (κ2) is 8.54. The summed E-state index contributed by atoms with van der Waals surface area (Å²) in [7, 11) is 0. The van der Waals surface area contributed by atoms with Gasteiger partial charge in [0.05, 0.1) is 5.56 Å². The Hall–Kier alpha value is -2.52. The number of thioether (sulfide) groups is 1. The monoisotopic (exact) mass is 348 g/mol. The quantitative estimate of drug-likeness (QED) is 0.406. The van der Waals surface area contributed by atoms with Crippen LogP contribution in [0.1, 0.15) is 27.0 Å². The maximum Gasteiger partial charge on any atom is 0.154 e. The van der Waals surface area contributed by atoms with E-state index in [0.29, 0.717) is 17.9 Å². The van der Waals surface area contributed by atoms with Crippen LogP contribution >= 0.6 is 11.8 Å². The van der Waals surface area contributed by atoms with Crippen molar-refractivity contribution < 1.29 is 9.53 Å². The minimum absolute atomic E-state index is 0.456. The highest BCUT2D eigenvalue weighted by Gasteiger charge is 2.11. The zero-order chi connectivity index (χ0) is 17.5. The van der Waals surface area contributed by atoms with Gasteiger partial charge in [-0.15, -0.1) is 11.8 Å². The van der Waals surface area contributed by atoms with Crippen molar-refractivity contribution in [3.05, 3.63) is 95.1 Å². The van der Waals surface area contributed by atoms with Crippen molar-refractivity contribution >= 4 is 18.0 Å². The van der Waals surface area contributed by atoms with Gasteiger partial charge in [0.15, 0.2) is 6.29 Å². The summed E-state index contributed by atoms with van der Waals surface area (Å²) in [4.78, 5) is 12.7. The highest BCUT2D eigenvalue weighted by molar-refractivity contribution is 7.98. The van der Waals surface area contributed by atoms with Gasteiger partial charge in [-0.05, 0) is 35.7 Å². The Morgan fingerprint density at radius 2 is 1.52 bits per heavy atom. The molecule has 3 rings (SSSR count). The van der Waals surface area contributed by atoms with Gasteiger partial charge in [-0.25, -0.2) is 0 Å². The number of ether oxygens (including phenoxy) is 1. The first-order valence-electron chi connectivity index (χ1n) is 8.20. The fourth-order valence-corrected chi connectivity index (χ4v) is 3.59. The Labute approximate surface area is 152 Å². The standard InChI is InChI=1S/C22H20O2S/c1-17-20(14-23)21(24-15-18-8-4-2-5-9-18)12-13-22(17)25-16-19-10-6-3-7-11-19/h2-14H,15-16H2,1H3. The van der Waals surface area contributed by atoms with Gasteiger partial charge in [0, 0.05) is 10.6 Å². The van der Waals surface area contributed by atoms with Crippen molar-refractivity contribution in [1.82, 2.24) is 0 Å². The summed E-state index contributed by atoms with van der Waals surface area (Å²) in [5.74, 6) is 1.52. The van der Waals surface area contributed by atoms with E-state index in [1.165, 1.54) is 5.56 Å². The average molecular weight is 348 g/mol. The molecule has 0 aromatic heterocycles. The SMILES string of the molecule is Cc1c(SCc2ccccc2)ccc(OCc2ccccc2)c1C=O. The van der Waals surface area contributed by atoms with E-state index in [-0.39, 0.29) is 0 Å². The smallest absolute Gasteiger partial charge is 0.154 e. The molecule has 3 heteroatoms. The Morgan fingerprint density at radius 3 is 2.16 bits per heavy atom. The van der Waals surface area contributed by atoms with Crippen LogP contribution in [0.25, 0.3) is 0 Å². The molecule has 126 valence electrons. The molecule has 0 atom stereocenters. The highest BCUT2D eigenvalue weighted by atomic mass is 32.2. The average Bonchev–Trinajstić information content (AvgIpc) is 2.67. The third kappa shape index (κ3) is 4.52.